The van der Waals surface area contributed by atoms with Crippen LogP contribution in [0.2, 0.25) is 0 Å². The molecule has 66 heavy (non-hydrogen) atoms. The van der Waals surface area contributed by atoms with Crippen molar-refractivity contribution in [3.8, 4) is 44.6 Å². The molecular weight excluding hydrogens is 797 g/mol. The Hall–Kier alpha value is -8.46. The van der Waals surface area contributed by atoms with Crippen LogP contribution in [0.3, 0.4) is 0 Å². The van der Waals surface area contributed by atoms with Crippen molar-refractivity contribution in [2.24, 2.45) is 0 Å². The maximum absolute atomic E-state index is 5.67. The first-order valence-electron chi connectivity index (χ1n) is 23.0. The zero-order valence-corrected chi connectivity index (χ0v) is 36.1. The average molecular weight is 837 g/mol. The molecule has 0 unspecified atom stereocenters. The van der Waals surface area contributed by atoms with E-state index in [1.54, 1.807) is 0 Å². The molecular formula is C64H40N2. The Labute approximate surface area is 381 Å². The van der Waals surface area contributed by atoms with E-state index in [9.17, 15) is 0 Å². The van der Waals surface area contributed by atoms with Crippen LogP contribution < -0.4 is 0 Å². The van der Waals surface area contributed by atoms with Crippen LogP contribution in [0.4, 0.5) is 0 Å². The summed E-state index contributed by atoms with van der Waals surface area (Å²) in [7, 11) is 0. The van der Waals surface area contributed by atoms with Gasteiger partial charge in [-0.05, 0) is 153 Å². The monoisotopic (exact) mass is 836 g/mol. The molecule has 2 nitrogen and oxygen atoms in total. The van der Waals surface area contributed by atoms with Gasteiger partial charge in [0.25, 0.3) is 0 Å². The summed E-state index contributed by atoms with van der Waals surface area (Å²) in [5.41, 5.74) is 13.9. The number of aromatic nitrogens is 2. The second kappa shape index (κ2) is 14.5. The number of allylic oxidation sites excluding steroid dienone is 1. The molecule has 1 aliphatic carbocycles. The second-order valence-corrected chi connectivity index (χ2v) is 17.9. The highest BCUT2D eigenvalue weighted by atomic mass is 14.7. The third-order valence-electron chi connectivity index (χ3n) is 14.3. The number of hydrogen-bond acceptors (Lipinski definition) is 2. The van der Waals surface area contributed by atoms with E-state index in [0.717, 1.165) is 68.0 Å². The lowest BCUT2D eigenvalue weighted by Gasteiger charge is -2.20. The fraction of sp³-hybridized carbons (Fsp3) is 0.0312. The van der Waals surface area contributed by atoms with Crippen molar-refractivity contribution in [1.82, 2.24) is 9.97 Å². The number of nitrogens with zero attached hydrogens (tertiary/aromatic N) is 2. The summed E-state index contributed by atoms with van der Waals surface area (Å²) in [4.78, 5) is 10.3. The largest absolute Gasteiger partial charge is 0.256 e. The van der Waals surface area contributed by atoms with Crippen LogP contribution in [0, 0.1) is 0 Å². The minimum absolute atomic E-state index is 0.955. The highest BCUT2D eigenvalue weighted by Crippen LogP contribution is 2.45. The molecule has 0 spiro atoms. The Balaban J connectivity index is 1.03. The zero-order chi connectivity index (χ0) is 43.3. The Morgan fingerprint density at radius 1 is 0.333 bits per heavy atom. The summed E-state index contributed by atoms with van der Waals surface area (Å²) in [5.74, 6) is 0. The number of para-hydroxylation sites is 1. The van der Waals surface area contributed by atoms with Gasteiger partial charge >= 0.3 is 0 Å². The molecule has 11 aromatic carbocycles. The molecule has 0 atom stereocenters. The molecule has 0 radical (unpaired) electrons. The highest BCUT2D eigenvalue weighted by Gasteiger charge is 2.20. The van der Waals surface area contributed by atoms with E-state index in [0.29, 0.717) is 0 Å². The summed E-state index contributed by atoms with van der Waals surface area (Å²) < 4.78 is 0. The molecule has 0 saturated heterocycles. The number of pyridine rings is 2. The number of rotatable bonds is 4. The van der Waals surface area contributed by atoms with Crippen molar-refractivity contribution in [2.45, 2.75) is 12.8 Å². The number of aryl methyl sites for hydroxylation is 1. The predicted octanol–water partition coefficient (Wildman–Crippen LogP) is 17.3. The van der Waals surface area contributed by atoms with Crippen molar-refractivity contribution >= 4 is 92.5 Å². The quantitative estimate of drug-likeness (QED) is 0.165. The first-order chi connectivity index (χ1) is 32.7. The smallest absolute Gasteiger partial charge is 0.0794 e. The lowest BCUT2D eigenvalue weighted by Crippen LogP contribution is -1.98. The Kier molecular flexibility index (Phi) is 8.14. The first kappa shape index (κ1) is 37.0. The van der Waals surface area contributed by atoms with Crippen LogP contribution in [0.25, 0.3) is 137 Å². The zero-order valence-electron chi connectivity index (χ0n) is 36.1. The average Bonchev–Trinajstić information content (AvgIpc) is 3.40. The van der Waals surface area contributed by atoms with Crippen LogP contribution in [0.5, 0.6) is 0 Å². The molecule has 0 aliphatic heterocycles. The molecule has 2 aromatic heterocycles. The summed E-state index contributed by atoms with van der Waals surface area (Å²) in [6.45, 7) is 0. The molecule has 2 heterocycles. The van der Waals surface area contributed by atoms with Gasteiger partial charge in [-0.2, -0.15) is 0 Å². The van der Waals surface area contributed by atoms with Gasteiger partial charge in [0.1, 0.15) is 0 Å². The van der Waals surface area contributed by atoms with Crippen LogP contribution in [-0.4, -0.2) is 9.97 Å². The Bertz CT molecular complexity index is 4180. The van der Waals surface area contributed by atoms with Gasteiger partial charge in [-0.1, -0.05) is 176 Å². The van der Waals surface area contributed by atoms with Crippen molar-refractivity contribution < 1.29 is 0 Å². The second-order valence-electron chi connectivity index (χ2n) is 17.9. The van der Waals surface area contributed by atoms with E-state index in [2.05, 4.69) is 217 Å². The van der Waals surface area contributed by atoms with Crippen LogP contribution in [0.15, 0.2) is 212 Å². The predicted molar refractivity (Wildman–Crippen MR) is 281 cm³/mol. The third-order valence-corrected chi connectivity index (χ3v) is 14.3. The number of hydrogen-bond donors (Lipinski definition) is 0. The van der Waals surface area contributed by atoms with E-state index in [1.807, 2.05) is 6.20 Å². The van der Waals surface area contributed by atoms with Crippen LogP contribution >= 0.6 is 0 Å². The maximum atomic E-state index is 5.67. The van der Waals surface area contributed by atoms with Gasteiger partial charge in [-0.3, -0.25) is 4.98 Å². The normalized spacial score (nSPS) is 12.7. The fourth-order valence-electron chi connectivity index (χ4n) is 11.3. The maximum Gasteiger partial charge on any atom is 0.0794 e. The summed E-state index contributed by atoms with van der Waals surface area (Å²) in [6, 6.07) is 73.9. The van der Waals surface area contributed by atoms with Gasteiger partial charge in [-0.15, -0.1) is 0 Å². The molecule has 13 aromatic rings. The van der Waals surface area contributed by atoms with Crippen LogP contribution in [0.1, 0.15) is 17.5 Å². The van der Waals surface area contributed by atoms with Crippen LogP contribution in [-0.2, 0) is 6.42 Å². The molecule has 2 heteroatoms. The standard InChI is InChI=1S/C64H40N2/c1-3-17-48-44(13-1)46-15-5-7-19-50(46)59-35-41(29-31-53(48)59)57-37-61-58(40-27-25-39(26-28-40)43-33-34-65-62-24-12-11-22-55(43)62)38-63(66-64(61)56-23-10-9-21-52(56)57)42-30-32-54-49-18-4-2-14-45(49)47-16-6-8-20-51(47)60(54)36-42/h1-6,8-18,20-38H,7,19H2. The van der Waals surface area contributed by atoms with Gasteiger partial charge in [0.15, 0.2) is 0 Å². The minimum Gasteiger partial charge on any atom is -0.256 e. The number of fused-ring (bicyclic) bond motifs is 16. The van der Waals surface area contributed by atoms with Gasteiger partial charge in [-0.25, -0.2) is 4.98 Å². The van der Waals surface area contributed by atoms with Gasteiger partial charge in [0.05, 0.1) is 16.7 Å². The van der Waals surface area contributed by atoms with Gasteiger partial charge < -0.3 is 0 Å². The molecule has 14 rings (SSSR count). The van der Waals surface area contributed by atoms with Crippen molar-refractivity contribution in [3.05, 3.63) is 224 Å². The van der Waals surface area contributed by atoms with Gasteiger partial charge in [0.2, 0.25) is 0 Å². The Morgan fingerprint density at radius 2 is 0.848 bits per heavy atom. The van der Waals surface area contributed by atoms with E-state index >= 15 is 0 Å². The molecule has 0 saturated carbocycles. The topological polar surface area (TPSA) is 25.8 Å². The summed E-state index contributed by atoms with van der Waals surface area (Å²) in [5, 5.41) is 17.5. The van der Waals surface area contributed by atoms with Gasteiger partial charge in [0, 0.05) is 27.9 Å². The lowest BCUT2D eigenvalue weighted by molar-refractivity contribution is 1.00. The molecule has 0 amide bonds. The Morgan fingerprint density at radius 3 is 1.58 bits per heavy atom. The third kappa shape index (κ3) is 5.61. The van der Waals surface area contributed by atoms with E-state index in [1.165, 1.54) is 87.1 Å². The first-order valence-corrected chi connectivity index (χ1v) is 23.0. The van der Waals surface area contributed by atoms with Crippen molar-refractivity contribution in [2.75, 3.05) is 0 Å². The summed E-state index contributed by atoms with van der Waals surface area (Å²) >= 11 is 0. The number of benzene rings is 11. The minimum atomic E-state index is 0.955. The molecule has 306 valence electrons. The van der Waals surface area contributed by atoms with Crippen molar-refractivity contribution in [3.63, 3.8) is 0 Å². The molecule has 0 N–H and O–H groups in total. The SMILES string of the molecule is C1=Cc2c(c3cc(-c4cc5c(-c6ccc(-c7ccnc8ccccc78)cc6)cc(-c6ccc7c8ccccc8c8ccccc8c7c6)nc5c5ccccc45)ccc3c3ccccc23)CC1. The summed E-state index contributed by atoms with van der Waals surface area (Å²) in [6.07, 6.45) is 8.69. The van der Waals surface area contributed by atoms with E-state index in [-0.39, 0.29) is 0 Å². The van der Waals surface area contributed by atoms with E-state index < -0.39 is 0 Å². The van der Waals surface area contributed by atoms with Crippen molar-refractivity contribution in [1.29, 1.82) is 0 Å². The molecule has 1 aliphatic rings. The molecule has 0 bridgehead atoms. The lowest BCUT2D eigenvalue weighted by atomic mass is 9.85. The highest BCUT2D eigenvalue weighted by molar-refractivity contribution is 6.26. The molecule has 0 fully saturated rings. The van der Waals surface area contributed by atoms with E-state index in [4.69, 9.17) is 4.98 Å². The fourth-order valence-corrected chi connectivity index (χ4v) is 11.3.